The second-order valence-electron chi connectivity index (χ2n) is 5.00. The minimum atomic E-state index is -0.587. The number of alkyl halides is 3. The molecule has 1 fully saturated rings. The maximum Gasteiger partial charge on any atom is 0.0765 e. The highest BCUT2D eigenvalue weighted by Crippen LogP contribution is 2.33. The van der Waals surface area contributed by atoms with Crippen molar-refractivity contribution in [3.63, 3.8) is 0 Å². The maximum atomic E-state index is 10.3. The molecular formula is C15H21BrCl2O2. The summed E-state index contributed by atoms with van der Waals surface area (Å²) in [5.41, 5.74) is 0. The summed E-state index contributed by atoms with van der Waals surface area (Å²) in [5, 5.41) is 10.4. The quantitative estimate of drug-likeness (QED) is 0.579. The topological polar surface area (TPSA) is 29.5 Å². The normalized spacial score (nSPS) is 36.5. The number of terminal acetylenes is 1. The SMILES string of the molecule is C#C/C=C\CC(Cl)C1CC(Cl)C(O)C(CBr)C(CC)O1. The van der Waals surface area contributed by atoms with Crippen molar-refractivity contribution < 1.29 is 9.84 Å². The molecule has 1 rings (SSSR count). The van der Waals surface area contributed by atoms with Gasteiger partial charge >= 0.3 is 0 Å². The lowest BCUT2D eigenvalue weighted by Crippen LogP contribution is -2.37. The van der Waals surface area contributed by atoms with Crippen molar-refractivity contribution >= 4 is 39.1 Å². The summed E-state index contributed by atoms with van der Waals surface area (Å²) in [6.45, 7) is 2.04. The Bertz CT molecular complexity index is 356. The van der Waals surface area contributed by atoms with E-state index in [1.165, 1.54) is 0 Å². The molecule has 1 saturated heterocycles. The van der Waals surface area contributed by atoms with E-state index in [0.29, 0.717) is 18.2 Å². The molecule has 6 atom stereocenters. The van der Waals surface area contributed by atoms with Crippen molar-refractivity contribution in [1.29, 1.82) is 0 Å². The second kappa shape index (κ2) is 9.33. The molecule has 0 spiro atoms. The fraction of sp³-hybridized carbons (Fsp3) is 0.733. The van der Waals surface area contributed by atoms with Gasteiger partial charge in [-0.05, 0) is 25.3 Å². The van der Waals surface area contributed by atoms with E-state index in [0.717, 1.165) is 6.42 Å². The predicted molar refractivity (Wildman–Crippen MR) is 88.7 cm³/mol. The van der Waals surface area contributed by atoms with Crippen molar-refractivity contribution in [2.24, 2.45) is 5.92 Å². The molecule has 1 aliphatic rings. The minimum Gasteiger partial charge on any atom is -0.391 e. The van der Waals surface area contributed by atoms with Crippen molar-refractivity contribution in [3.05, 3.63) is 12.2 Å². The second-order valence-corrected chi connectivity index (χ2v) is 6.77. The van der Waals surface area contributed by atoms with Gasteiger partial charge in [0.1, 0.15) is 0 Å². The zero-order valence-corrected chi connectivity index (χ0v) is 14.6. The maximum absolute atomic E-state index is 10.3. The molecular weight excluding hydrogens is 363 g/mol. The molecule has 0 aliphatic carbocycles. The fourth-order valence-corrected chi connectivity index (χ4v) is 3.90. The van der Waals surface area contributed by atoms with Crippen LogP contribution in [0.15, 0.2) is 12.2 Å². The summed E-state index contributed by atoms with van der Waals surface area (Å²) in [6, 6.07) is 0. The smallest absolute Gasteiger partial charge is 0.0765 e. The van der Waals surface area contributed by atoms with Gasteiger partial charge in [-0.3, -0.25) is 0 Å². The number of allylic oxidation sites excluding steroid dienone is 2. The van der Waals surface area contributed by atoms with Crippen LogP contribution in [0.25, 0.3) is 0 Å². The van der Waals surface area contributed by atoms with Crippen LogP contribution in [0.5, 0.6) is 0 Å². The molecule has 0 amide bonds. The minimum absolute atomic E-state index is 0.0161. The zero-order chi connectivity index (χ0) is 15.1. The van der Waals surface area contributed by atoms with Gasteiger partial charge in [0, 0.05) is 11.2 Å². The third kappa shape index (κ3) is 4.93. The highest BCUT2D eigenvalue weighted by molar-refractivity contribution is 9.09. The number of hydrogen-bond acceptors (Lipinski definition) is 2. The van der Waals surface area contributed by atoms with E-state index in [9.17, 15) is 5.11 Å². The van der Waals surface area contributed by atoms with Crippen LogP contribution in [-0.2, 0) is 4.74 Å². The molecule has 20 heavy (non-hydrogen) atoms. The molecule has 0 saturated carbocycles. The third-order valence-corrected chi connectivity index (χ3v) is 5.30. The lowest BCUT2D eigenvalue weighted by Gasteiger charge is -2.28. The van der Waals surface area contributed by atoms with Crippen LogP contribution < -0.4 is 0 Å². The molecule has 0 aromatic carbocycles. The van der Waals surface area contributed by atoms with Crippen molar-refractivity contribution in [3.8, 4) is 12.3 Å². The average Bonchev–Trinajstić information content (AvgIpc) is 2.56. The van der Waals surface area contributed by atoms with Crippen LogP contribution in [0.1, 0.15) is 26.2 Å². The lowest BCUT2D eigenvalue weighted by atomic mass is 9.93. The zero-order valence-electron chi connectivity index (χ0n) is 11.5. The molecule has 5 heteroatoms. The predicted octanol–water partition coefficient (Wildman–Crippen LogP) is 3.72. The van der Waals surface area contributed by atoms with Gasteiger partial charge in [-0.2, -0.15) is 0 Å². The van der Waals surface area contributed by atoms with Crippen molar-refractivity contribution in [2.75, 3.05) is 5.33 Å². The monoisotopic (exact) mass is 382 g/mol. The molecule has 114 valence electrons. The van der Waals surface area contributed by atoms with E-state index >= 15 is 0 Å². The number of aliphatic hydroxyl groups is 1. The van der Waals surface area contributed by atoms with E-state index in [4.69, 9.17) is 34.4 Å². The highest BCUT2D eigenvalue weighted by Gasteiger charge is 2.40. The van der Waals surface area contributed by atoms with E-state index in [-0.39, 0.29) is 28.9 Å². The van der Waals surface area contributed by atoms with Crippen molar-refractivity contribution in [2.45, 2.75) is 55.3 Å². The van der Waals surface area contributed by atoms with Crippen LogP contribution >= 0.6 is 39.1 Å². The molecule has 0 aromatic heterocycles. The first kappa shape index (κ1) is 18.3. The standard InChI is InChI=1S/C15H21BrCl2O2/c1-3-5-6-7-11(17)14-8-12(18)15(19)10(9-16)13(4-2)20-14/h1,5-6,10-15,19H,4,7-9H2,2H3/b6-5-. The third-order valence-electron chi connectivity index (χ3n) is 3.65. The number of aliphatic hydroxyl groups excluding tert-OH is 1. The van der Waals surface area contributed by atoms with Gasteiger partial charge < -0.3 is 9.84 Å². The summed E-state index contributed by atoms with van der Waals surface area (Å²) in [5.74, 6) is 2.42. The number of ether oxygens (including phenoxy) is 1. The summed E-state index contributed by atoms with van der Waals surface area (Å²) >= 11 is 16.1. The summed E-state index contributed by atoms with van der Waals surface area (Å²) in [7, 11) is 0. The Kier molecular flexibility index (Phi) is 8.55. The highest BCUT2D eigenvalue weighted by atomic mass is 79.9. The Hall–Kier alpha value is 0.280. The molecule has 0 bridgehead atoms. The Morgan fingerprint density at radius 2 is 2.30 bits per heavy atom. The molecule has 1 N–H and O–H groups in total. The summed E-state index contributed by atoms with van der Waals surface area (Å²) in [6.07, 6.45) is 9.84. The number of halogens is 3. The van der Waals surface area contributed by atoms with E-state index in [1.807, 2.05) is 13.0 Å². The Balaban J connectivity index is 2.78. The van der Waals surface area contributed by atoms with Gasteiger partial charge in [0.2, 0.25) is 0 Å². The van der Waals surface area contributed by atoms with Crippen LogP contribution in [0, 0.1) is 18.3 Å². The van der Waals surface area contributed by atoms with Gasteiger partial charge in [0.25, 0.3) is 0 Å². The van der Waals surface area contributed by atoms with Crippen LogP contribution in [0.4, 0.5) is 0 Å². The number of hydrogen-bond donors (Lipinski definition) is 1. The molecule has 0 radical (unpaired) electrons. The van der Waals surface area contributed by atoms with Gasteiger partial charge in [-0.25, -0.2) is 0 Å². The molecule has 1 heterocycles. The van der Waals surface area contributed by atoms with Crippen LogP contribution in [0.3, 0.4) is 0 Å². The van der Waals surface area contributed by atoms with Gasteiger partial charge in [-0.1, -0.05) is 34.9 Å². The Morgan fingerprint density at radius 1 is 1.60 bits per heavy atom. The van der Waals surface area contributed by atoms with Crippen LogP contribution in [0.2, 0.25) is 0 Å². The Morgan fingerprint density at radius 3 is 2.85 bits per heavy atom. The lowest BCUT2D eigenvalue weighted by molar-refractivity contribution is -0.0447. The summed E-state index contributed by atoms with van der Waals surface area (Å²) < 4.78 is 6.11. The average molecular weight is 384 g/mol. The van der Waals surface area contributed by atoms with Gasteiger partial charge in [0.05, 0.1) is 29.1 Å². The van der Waals surface area contributed by atoms with Gasteiger partial charge in [0.15, 0.2) is 0 Å². The first-order chi connectivity index (χ1) is 9.54. The number of rotatable bonds is 5. The van der Waals surface area contributed by atoms with Crippen LogP contribution in [-0.4, -0.2) is 39.5 Å². The fourth-order valence-electron chi connectivity index (χ4n) is 2.47. The van der Waals surface area contributed by atoms with E-state index in [1.54, 1.807) is 6.08 Å². The first-order valence-electron chi connectivity index (χ1n) is 6.83. The largest absolute Gasteiger partial charge is 0.391 e. The molecule has 6 unspecified atom stereocenters. The molecule has 2 nitrogen and oxygen atoms in total. The van der Waals surface area contributed by atoms with Crippen molar-refractivity contribution in [1.82, 2.24) is 0 Å². The molecule has 0 aromatic rings. The van der Waals surface area contributed by atoms with E-state index in [2.05, 4.69) is 21.9 Å². The Labute approximate surface area is 140 Å². The summed E-state index contributed by atoms with van der Waals surface area (Å²) in [4.78, 5) is 0. The first-order valence-corrected chi connectivity index (χ1v) is 8.83. The van der Waals surface area contributed by atoms with Gasteiger partial charge in [-0.15, -0.1) is 29.6 Å². The molecule has 1 aliphatic heterocycles. The van der Waals surface area contributed by atoms with E-state index < -0.39 is 6.10 Å².